The SMILES string of the molecule is O=C1CN(CC(=O)N2CCCc3ccccc32)c2ccccc2O1. The zero-order chi connectivity index (χ0) is 16.5. The first-order valence-electron chi connectivity index (χ1n) is 8.15. The summed E-state index contributed by atoms with van der Waals surface area (Å²) in [6.45, 7) is 0.981. The lowest BCUT2D eigenvalue weighted by molar-refractivity contribution is -0.133. The van der Waals surface area contributed by atoms with Crippen LogP contribution >= 0.6 is 0 Å². The number of esters is 1. The van der Waals surface area contributed by atoms with Crippen molar-refractivity contribution in [2.24, 2.45) is 0 Å². The number of fused-ring (bicyclic) bond motifs is 2. The zero-order valence-electron chi connectivity index (χ0n) is 13.3. The van der Waals surface area contributed by atoms with Gasteiger partial charge in [-0.1, -0.05) is 30.3 Å². The highest BCUT2D eigenvalue weighted by atomic mass is 16.5. The van der Waals surface area contributed by atoms with Gasteiger partial charge in [0.1, 0.15) is 6.54 Å². The first-order chi connectivity index (χ1) is 11.7. The van der Waals surface area contributed by atoms with Crippen LogP contribution in [0.3, 0.4) is 0 Å². The Kier molecular flexibility index (Phi) is 3.69. The smallest absolute Gasteiger partial charge is 0.331 e. The van der Waals surface area contributed by atoms with Crippen LogP contribution in [0.4, 0.5) is 11.4 Å². The van der Waals surface area contributed by atoms with Gasteiger partial charge >= 0.3 is 5.97 Å². The molecule has 0 aliphatic carbocycles. The van der Waals surface area contributed by atoms with Crippen LogP contribution in [-0.2, 0) is 16.0 Å². The van der Waals surface area contributed by atoms with E-state index in [1.54, 1.807) is 11.0 Å². The molecule has 0 spiro atoms. The fraction of sp³-hybridized carbons (Fsp3) is 0.263. The van der Waals surface area contributed by atoms with Gasteiger partial charge < -0.3 is 14.5 Å². The van der Waals surface area contributed by atoms with Crippen molar-refractivity contribution in [3.05, 3.63) is 54.1 Å². The number of nitrogens with zero attached hydrogens (tertiary/aromatic N) is 2. The number of amides is 1. The molecule has 1 amide bonds. The Morgan fingerprint density at radius 3 is 2.67 bits per heavy atom. The highest BCUT2D eigenvalue weighted by Crippen LogP contribution is 2.32. The normalized spacial score (nSPS) is 16.2. The third kappa shape index (κ3) is 2.62. The van der Waals surface area contributed by atoms with Gasteiger partial charge in [-0.2, -0.15) is 0 Å². The number of ether oxygens (including phenoxy) is 1. The van der Waals surface area contributed by atoms with E-state index in [9.17, 15) is 9.59 Å². The van der Waals surface area contributed by atoms with Crippen LogP contribution in [0.15, 0.2) is 48.5 Å². The highest BCUT2D eigenvalue weighted by molar-refractivity contribution is 5.99. The Bertz CT molecular complexity index is 803. The van der Waals surface area contributed by atoms with Crippen molar-refractivity contribution in [3.63, 3.8) is 0 Å². The van der Waals surface area contributed by atoms with Crippen molar-refractivity contribution in [3.8, 4) is 5.75 Å². The van der Waals surface area contributed by atoms with Crippen molar-refractivity contribution in [2.45, 2.75) is 12.8 Å². The van der Waals surface area contributed by atoms with E-state index in [0.717, 1.165) is 30.8 Å². The molecule has 0 radical (unpaired) electrons. The lowest BCUT2D eigenvalue weighted by atomic mass is 10.0. The van der Waals surface area contributed by atoms with Crippen LogP contribution in [0.25, 0.3) is 0 Å². The summed E-state index contributed by atoms with van der Waals surface area (Å²) in [6.07, 6.45) is 1.96. The number of anilines is 2. The number of aryl methyl sites for hydroxylation is 1. The van der Waals surface area contributed by atoms with E-state index in [4.69, 9.17) is 4.74 Å². The second-order valence-corrected chi connectivity index (χ2v) is 6.08. The molecule has 0 atom stereocenters. The van der Waals surface area contributed by atoms with Gasteiger partial charge in [-0.3, -0.25) is 4.79 Å². The second-order valence-electron chi connectivity index (χ2n) is 6.08. The first kappa shape index (κ1) is 14.8. The average molecular weight is 322 g/mol. The molecule has 24 heavy (non-hydrogen) atoms. The Morgan fingerprint density at radius 1 is 1.04 bits per heavy atom. The predicted octanol–water partition coefficient (Wildman–Crippen LogP) is 2.39. The van der Waals surface area contributed by atoms with Gasteiger partial charge in [0.2, 0.25) is 5.91 Å². The molecule has 0 bridgehead atoms. The van der Waals surface area contributed by atoms with E-state index in [1.807, 2.05) is 41.3 Å². The number of rotatable bonds is 2. The van der Waals surface area contributed by atoms with Crippen molar-refractivity contribution < 1.29 is 14.3 Å². The van der Waals surface area contributed by atoms with Crippen molar-refractivity contribution >= 4 is 23.3 Å². The van der Waals surface area contributed by atoms with Crippen LogP contribution in [-0.4, -0.2) is 31.5 Å². The molecule has 0 saturated heterocycles. The summed E-state index contributed by atoms with van der Waals surface area (Å²) in [6, 6.07) is 15.3. The number of benzene rings is 2. The van der Waals surface area contributed by atoms with Crippen molar-refractivity contribution in [1.29, 1.82) is 0 Å². The Morgan fingerprint density at radius 2 is 1.79 bits per heavy atom. The molecule has 2 aromatic carbocycles. The molecule has 0 saturated carbocycles. The van der Waals surface area contributed by atoms with E-state index >= 15 is 0 Å². The number of carbonyl (C=O) groups is 2. The summed E-state index contributed by atoms with van der Waals surface area (Å²) < 4.78 is 5.24. The maximum atomic E-state index is 12.9. The summed E-state index contributed by atoms with van der Waals surface area (Å²) in [5.74, 6) is 0.188. The molecule has 0 aromatic heterocycles. The van der Waals surface area contributed by atoms with Gasteiger partial charge in [0.05, 0.1) is 12.2 Å². The molecule has 0 N–H and O–H groups in total. The number of hydrogen-bond acceptors (Lipinski definition) is 4. The van der Waals surface area contributed by atoms with Gasteiger partial charge in [-0.15, -0.1) is 0 Å². The standard InChI is InChI=1S/C19H18N2O3/c22-18(21-11-5-7-14-6-1-2-8-15(14)21)12-20-13-19(23)24-17-10-4-3-9-16(17)20/h1-4,6,8-10H,5,7,11-13H2. The van der Waals surface area contributed by atoms with E-state index in [-0.39, 0.29) is 25.0 Å². The fourth-order valence-corrected chi connectivity index (χ4v) is 3.38. The largest absolute Gasteiger partial charge is 0.423 e. The van der Waals surface area contributed by atoms with E-state index < -0.39 is 0 Å². The molecule has 0 fully saturated rings. The third-order valence-electron chi connectivity index (χ3n) is 4.49. The lowest BCUT2D eigenvalue weighted by Crippen LogP contribution is -2.46. The van der Waals surface area contributed by atoms with Crippen molar-refractivity contribution in [1.82, 2.24) is 0 Å². The molecule has 4 rings (SSSR count). The molecular formula is C19H18N2O3. The quantitative estimate of drug-likeness (QED) is 0.629. The van der Waals surface area contributed by atoms with Crippen LogP contribution in [0.5, 0.6) is 5.75 Å². The molecule has 2 aliphatic heterocycles. The zero-order valence-corrected chi connectivity index (χ0v) is 13.3. The van der Waals surface area contributed by atoms with Gasteiger partial charge in [0.25, 0.3) is 0 Å². The summed E-state index contributed by atoms with van der Waals surface area (Å²) in [4.78, 5) is 28.3. The highest BCUT2D eigenvalue weighted by Gasteiger charge is 2.28. The molecule has 0 unspecified atom stereocenters. The minimum absolute atomic E-state index is 0.00616. The summed E-state index contributed by atoms with van der Waals surface area (Å²) in [5.41, 5.74) is 2.98. The van der Waals surface area contributed by atoms with Gasteiger partial charge in [-0.25, -0.2) is 4.79 Å². The Labute approximate surface area is 140 Å². The maximum Gasteiger partial charge on any atom is 0.331 e. The van der Waals surface area contributed by atoms with E-state index in [2.05, 4.69) is 6.07 Å². The van der Waals surface area contributed by atoms with Crippen LogP contribution in [0, 0.1) is 0 Å². The van der Waals surface area contributed by atoms with Gasteiger partial charge in [0, 0.05) is 12.2 Å². The molecule has 5 nitrogen and oxygen atoms in total. The van der Waals surface area contributed by atoms with E-state index in [0.29, 0.717) is 5.75 Å². The van der Waals surface area contributed by atoms with Gasteiger partial charge in [-0.05, 0) is 36.6 Å². The summed E-state index contributed by atoms with van der Waals surface area (Å²) >= 11 is 0. The minimum atomic E-state index is -0.333. The van der Waals surface area contributed by atoms with Gasteiger partial charge in [0.15, 0.2) is 5.75 Å². The Balaban J connectivity index is 1.58. The second kappa shape index (κ2) is 6.00. The predicted molar refractivity (Wildman–Crippen MR) is 91.4 cm³/mol. The molecule has 2 aromatic rings. The molecule has 2 heterocycles. The minimum Gasteiger partial charge on any atom is -0.423 e. The summed E-state index contributed by atoms with van der Waals surface area (Å²) in [5, 5.41) is 0. The molecule has 5 heteroatoms. The molecule has 2 aliphatic rings. The third-order valence-corrected chi connectivity index (χ3v) is 4.49. The van der Waals surface area contributed by atoms with Crippen LogP contribution in [0.2, 0.25) is 0 Å². The number of para-hydroxylation sites is 3. The topological polar surface area (TPSA) is 49.9 Å². The van der Waals surface area contributed by atoms with Crippen LogP contribution < -0.4 is 14.5 Å². The number of hydrogen-bond donors (Lipinski definition) is 0. The average Bonchev–Trinajstić information content (AvgIpc) is 2.61. The van der Waals surface area contributed by atoms with Crippen molar-refractivity contribution in [2.75, 3.05) is 29.4 Å². The monoisotopic (exact) mass is 322 g/mol. The maximum absolute atomic E-state index is 12.9. The summed E-state index contributed by atoms with van der Waals surface area (Å²) in [7, 11) is 0. The Hall–Kier alpha value is -2.82. The molecular weight excluding hydrogens is 304 g/mol. The van der Waals surface area contributed by atoms with Crippen LogP contribution in [0.1, 0.15) is 12.0 Å². The molecule has 122 valence electrons. The first-order valence-corrected chi connectivity index (χ1v) is 8.15. The fourth-order valence-electron chi connectivity index (χ4n) is 3.38. The van der Waals surface area contributed by atoms with E-state index in [1.165, 1.54) is 5.56 Å². The lowest BCUT2D eigenvalue weighted by Gasteiger charge is -2.34. The number of carbonyl (C=O) groups excluding carboxylic acids is 2.